The average Bonchev–Trinajstić information content (AvgIpc) is 2.40. The lowest BCUT2D eigenvalue weighted by atomic mass is 10.1. The van der Waals surface area contributed by atoms with Gasteiger partial charge in [-0.3, -0.25) is 4.79 Å². The van der Waals surface area contributed by atoms with Crippen molar-refractivity contribution in [3.63, 3.8) is 0 Å². The van der Waals surface area contributed by atoms with Gasteiger partial charge in [-0.05, 0) is 25.0 Å². The highest BCUT2D eigenvalue weighted by Gasteiger charge is 2.16. The van der Waals surface area contributed by atoms with E-state index in [0.717, 1.165) is 25.0 Å². The fraction of sp³-hybridized carbons (Fsp3) is 0.385. The molecule has 1 fully saturated rings. The molecule has 0 radical (unpaired) electrons. The number of nitrogens with one attached hydrogen (secondary N) is 1. The molecule has 0 aromatic heterocycles. The van der Waals surface area contributed by atoms with E-state index in [-0.39, 0.29) is 11.9 Å². The van der Waals surface area contributed by atoms with Crippen LogP contribution in [0.2, 0.25) is 0 Å². The minimum absolute atomic E-state index is 0.0833. The van der Waals surface area contributed by atoms with Crippen LogP contribution in [0.1, 0.15) is 28.8 Å². The Morgan fingerprint density at radius 3 is 2.56 bits per heavy atom. The fourth-order valence-electron chi connectivity index (χ4n) is 1.91. The minimum Gasteiger partial charge on any atom is -0.389 e. The number of rotatable bonds is 3. The topological polar surface area (TPSA) is 64.4 Å². The molecule has 0 saturated carbocycles. The van der Waals surface area contributed by atoms with E-state index in [1.165, 1.54) is 0 Å². The van der Waals surface area contributed by atoms with E-state index in [4.69, 9.17) is 22.7 Å². The maximum absolute atomic E-state index is 12.0. The highest BCUT2D eigenvalue weighted by Crippen LogP contribution is 2.08. The van der Waals surface area contributed by atoms with Gasteiger partial charge >= 0.3 is 0 Å². The summed E-state index contributed by atoms with van der Waals surface area (Å²) in [5, 5.41) is 2.96. The molecule has 1 amide bonds. The first-order valence-corrected chi connectivity index (χ1v) is 6.36. The third kappa shape index (κ3) is 3.27. The van der Waals surface area contributed by atoms with Crippen LogP contribution in [0.3, 0.4) is 0 Å². The second kappa shape index (κ2) is 5.93. The van der Waals surface area contributed by atoms with Crippen LogP contribution in [0.15, 0.2) is 24.3 Å². The normalized spacial score (nSPS) is 19.2. The standard InChI is InChI=1S/C13H16N2O2S/c14-12(18)9-3-5-10(6-4-9)13(16)15-11-2-1-7-17-8-11/h3-6,11H,1-2,7-8H2,(H2,14,18)(H,15,16). The summed E-state index contributed by atoms with van der Waals surface area (Å²) in [5.74, 6) is -0.0833. The SMILES string of the molecule is NC(=S)c1ccc(C(=O)NC2CCCOC2)cc1. The largest absolute Gasteiger partial charge is 0.389 e. The number of hydrogen-bond donors (Lipinski definition) is 2. The predicted octanol–water partition coefficient (Wildman–Crippen LogP) is 1.23. The first kappa shape index (κ1) is 13.0. The molecule has 5 heteroatoms. The summed E-state index contributed by atoms with van der Waals surface area (Å²) in [5.41, 5.74) is 6.88. The van der Waals surface area contributed by atoms with Crippen molar-refractivity contribution in [2.45, 2.75) is 18.9 Å². The van der Waals surface area contributed by atoms with E-state index >= 15 is 0 Å². The lowest BCUT2D eigenvalue weighted by Gasteiger charge is -2.23. The zero-order valence-corrected chi connectivity index (χ0v) is 10.8. The second-order valence-corrected chi connectivity index (χ2v) is 4.77. The zero-order valence-electron chi connectivity index (χ0n) is 10.0. The van der Waals surface area contributed by atoms with E-state index in [9.17, 15) is 4.79 Å². The van der Waals surface area contributed by atoms with Crippen molar-refractivity contribution >= 4 is 23.1 Å². The number of nitrogens with two attached hydrogens (primary N) is 1. The molecule has 3 N–H and O–H groups in total. The van der Waals surface area contributed by atoms with Gasteiger partial charge in [0.1, 0.15) is 4.99 Å². The van der Waals surface area contributed by atoms with Crippen molar-refractivity contribution in [3.05, 3.63) is 35.4 Å². The number of ether oxygens (including phenoxy) is 1. The molecule has 1 aromatic rings. The van der Waals surface area contributed by atoms with Crippen LogP contribution in [-0.4, -0.2) is 30.2 Å². The summed E-state index contributed by atoms with van der Waals surface area (Å²) in [6, 6.07) is 7.09. The third-order valence-corrected chi connectivity index (χ3v) is 3.16. The molecule has 1 saturated heterocycles. The Morgan fingerprint density at radius 2 is 2.00 bits per heavy atom. The van der Waals surface area contributed by atoms with Gasteiger partial charge < -0.3 is 15.8 Å². The van der Waals surface area contributed by atoms with Crippen molar-refractivity contribution in [2.75, 3.05) is 13.2 Å². The molecule has 1 unspecified atom stereocenters. The minimum atomic E-state index is -0.0833. The Morgan fingerprint density at radius 1 is 1.33 bits per heavy atom. The molecule has 0 aliphatic carbocycles. The molecule has 18 heavy (non-hydrogen) atoms. The van der Waals surface area contributed by atoms with Gasteiger partial charge in [0.2, 0.25) is 0 Å². The number of benzene rings is 1. The third-order valence-electron chi connectivity index (χ3n) is 2.93. The van der Waals surface area contributed by atoms with Crippen LogP contribution in [0.5, 0.6) is 0 Å². The van der Waals surface area contributed by atoms with Gasteiger partial charge in [-0.1, -0.05) is 24.4 Å². The Kier molecular flexibility index (Phi) is 4.28. The van der Waals surface area contributed by atoms with Crippen molar-refractivity contribution < 1.29 is 9.53 Å². The highest BCUT2D eigenvalue weighted by molar-refractivity contribution is 7.80. The van der Waals surface area contributed by atoms with Gasteiger partial charge in [0.15, 0.2) is 0 Å². The molecule has 0 spiro atoms. The van der Waals surface area contributed by atoms with Crippen molar-refractivity contribution in [3.8, 4) is 0 Å². The van der Waals surface area contributed by atoms with Crippen LogP contribution in [0.4, 0.5) is 0 Å². The molecule has 1 aliphatic rings. The number of hydrogen-bond acceptors (Lipinski definition) is 3. The summed E-state index contributed by atoms with van der Waals surface area (Å²) in [6.45, 7) is 1.38. The Labute approximate surface area is 112 Å². The molecule has 1 aliphatic heterocycles. The number of carbonyl (C=O) groups excluding carboxylic acids is 1. The summed E-state index contributed by atoms with van der Waals surface area (Å²) < 4.78 is 5.32. The molecular weight excluding hydrogens is 248 g/mol. The smallest absolute Gasteiger partial charge is 0.251 e. The van der Waals surface area contributed by atoms with E-state index < -0.39 is 0 Å². The molecule has 0 bridgehead atoms. The van der Waals surface area contributed by atoms with E-state index in [1.807, 2.05) is 0 Å². The molecule has 1 atom stereocenters. The molecule has 96 valence electrons. The monoisotopic (exact) mass is 264 g/mol. The van der Waals surface area contributed by atoms with Gasteiger partial charge in [-0.15, -0.1) is 0 Å². The average molecular weight is 264 g/mol. The van der Waals surface area contributed by atoms with Crippen LogP contribution in [0, 0.1) is 0 Å². The van der Waals surface area contributed by atoms with E-state index in [0.29, 0.717) is 17.2 Å². The molecule has 4 nitrogen and oxygen atoms in total. The van der Waals surface area contributed by atoms with Crippen LogP contribution in [0.25, 0.3) is 0 Å². The predicted molar refractivity (Wildman–Crippen MR) is 73.6 cm³/mol. The lowest BCUT2D eigenvalue weighted by Crippen LogP contribution is -2.40. The van der Waals surface area contributed by atoms with Gasteiger partial charge in [-0.25, -0.2) is 0 Å². The summed E-state index contributed by atoms with van der Waals surface area (Å²) in [7, 11) is 0. The Bertz CT molecular complexity index is 439. The fourth-order valence-corrected chi connectivity index (χ4v) is 2.05. The summed E-state index contributed by atoms with van der Waals surface area (Å²) in [4.78, 5) is 12.3. The van der Waals surface area contributed by atoms with Crippen molar-refractivity contribution in [2.24, 2.45) is 5.73 Å². The van der Waals surface area contributed by atoms with Gasteiger partial charge in [-0.2, -0.15) is 0 Å². The highest BCUT2D eigenvalue weighted by atomic mass is 32.1. The van der Waals surface area contributed by atoms with E-state index in [1.54, 1.807) is 24.3 Å². The van der Waals surface area contributed by atoms with E-state index in [2.05, 4.69) is 5.32 Å². The second-order valence-electron chi connectivity index (χ2n) is 4.33. The first-order chi connectivity index (χ1) is 8.66. The van der Waals surface area contributed by atoms with Crippen LogP contribution in [-0.2, 0) is 4.74 Å². The lowest BCUT2D eigenvalue weighted by molar-refractivity contribution is 0.0624. The van der Waals surface area contributed by atoms with Gasteiger partial charge in [0.05, 0.1) is 12.6 Å². The summed E-state index contributed by atoms with van der Waals surface area (Å²) >= 11 is 4.86. The maximum Gasteiger partial charge on any atom is 0.251 e. The van der Waals surface area contributed by atoms with Crippen LogP contribution < -0.4 is 11.1 Å². The quantitative estimate of drug-likeness (QED) is 0.806. The molecule has 1 heterocycles. The van der Waals surface area contributed by atoms with Gasteiger partial charge in [0, 0.05) is 17.7 Å². The van der Waals surface area contributed by atoms with Crippen molar-refractivity contribution in [1.29, 1.82) is 0 Å². The number of amides is 1. The number of thiocarbonyl (C=S) groups is 1. The maximum atomic E-state index is 12.0. The first-order valence-electron chi connectivity index (χ1n) is 5.95. The number of carbonyl (C=O) groups is 1. The zero-order chi connectivity index (χ0) is 13.0. The van der Waals surface area contributed by atoms with Crippen molar-refractivity contribution in [1.82, 2.24) is 5.32 Å². The molecular formula is C13H16N2O2S. The summed E-state index contributed by atoms with van der Waals surface area (Å²) in [6.07, 6.45) is 1.96. The Balaban J connectivity index is 1.97. The molecule has 2 rings (SSSR count). The molecule has 1 aromatic carbocycles. The van der Waals surface area contributed by atoms with Gasteiger partial charge in [0.25, 0.3) is 5.91 Å². The van der Waals surface area contributed by atoms with Crippen LogP contribution >= 0.6 is 12.2 Å². The Hall–Kier alpha value is -1.46.